The first-order valence-corrected chi connectivity index (χ1v) is 18.5. The highest BCUT2D eigenvalue weighted by molar-refractivity contribution is 7.46. The molecule has 4 rings (SSSR count). The summed E-state index contributed by atoms with van der Waals surface area (Å²) in [6, 6.07) is 0. The number of aliphatic hydroxyl groups excluding tert-OH is 13. The third-order valence-electron chi connectivity index (χ3n) is 9.59. The molecule has 21 atom stereocenters. The van der Waals surface area contributed by atoms with Gasteiger partial charge in [-0.3, -0.25) is 4.52 Å². The molecule has 0 amide bonds. The van der Waals surface area contributed by atoms with Crippen molar-refractivity contribution in [3.8, 4) is 0 Å². The van der Waals surface area contributed by atoms with Crippen molar-refractivity contribution in [2.75, 3.05) is 26.4 Å². The molecule has 0 radical (unpaired) electrons. The summed E-state index contributed by atoms with van der Waals surface area (Å²) in [4.78, 5) is 29.9. The molecular weight excluding hydrogens is 799 g/mol. The lowest BCUT2D eigenvalue weighted by atomic mass is 9.92. The van der Waals surface area contributed by atoms with E-state index < -0.39 is 181 Å². The third kappa shape index (κ3) is 10.5. The van der Waals surface area contributed by atoms with Gasteiger partial charge in [-0.25, -0.2) is 9.36 Å². The van der Waals surface area contributed by atoms with E-state index >= 15 is 0 Å². The smallest absolute Gasteiger partial charge is 0.469 e. The number of phosphoric ester groups is 1. The van der Waals surface area contributed by atoms with E-state index in [4.69, 9.17) is 42.9 Å². The van der Waals surface area contributed by atoms with Crippen molar-refractivity contribution in [3.05, 3.63) is 0 Å². The SMILES string of the molecule is O=C(O)[C@@]1(O)C[C@@H](O[C@H]2O[C@H]([C@@H](O)CO)[C@@H](O[C@H]3O[C@H]([C@@H](O)COP(=O)(O)O)[C@@H](O)[C@H](O)[C@@H]3O)[C@H](O[C@@H]3O[C@H](CO)[C@@H](O)[C@H](O)[C@H]3O)[C@@H]2O)[C@@H](O)[C@@H](CCO)O1. The van der Waals surface area contributed by atoms with E-state index in [1.54, 1.807) is 0 Å². The van der Waals surface area contributed by atoms with Crippen LogP contribution < -0.4 is 0 Å². The zero-order valence-corrected chi connectivity index (χ0v) is 29.8. The number of carboxylic acids is 1. The fourth-order valence-electron chi connectivity index (χ4n) is 6.55. The first-order valence-electron chi connectivity index (χ1n) is 17.0. The van der Waals surface area contributed by atoms with E-state index in [9.17, 15) is 86.0 Å². The summed E-state index contributed by atoms with van der Waals surface area (Å²) in [7, 11) is -5.20. The minimum Gasteiger partial charge on any atom is -0.477 e. The second-order valence-corrected chi connectivity index (χ2v) is 14.8. The maximum atomic E-state index is 11.9. The largest absolute Gasteiger partial charge is 0.477 e. The van der Waals surface area contributed by atoms with Crippen molar-refractivity contribution in [2.24, 2.45) is 0 Å². The van der Waals surface area contributed by atoms with Crippen LogP contribution in [-0.4, -0.2) is 247 Å². The highest BCUT2D eigenvalue weighted by atomic mass is 31.2. The van der Waals surface area contributed by atoms with E-state index in [1.807, 2.05) is 0 Å². The predicted octanol–water partition coefficient (Wildman–Crippen LogP) is -10.0. The van der Waals surface area contributed by atoms with Crippen LogP contribution in [-0.2, 0) is 47.0 Å². The number of rotatable bonds is 16. The Morgan fingerprint density at radius 1 is 0.696 bits per heavy atom. The van der Waals surface area contributed by atoms with Gasteiger partial charge >= 0.3 is 13.8 Å². The number of aliphatic hydroxyl groups is 14. The minimum absolute atomic E-state index is 0.444. The average Bonchev–Trinajstić information content (AvgIpc) is 3.14. The maximum Gasteiger partial charge on any atom is 0.469 e. The number of carboxylic acid groups (broad SMARTS) is 1. The fraction of sp³-hybridized carbons (Fsp3) is 0.964. The zero-order chi connectivity index (χ0) is 42.0. The predicted molar refractivity (Wildman–Crippen MR) is 167 cm³/mol. The van der Waals surface area contributed by atoms with Crippen molar-refractivity contribution in [2.45, 2.75) is 141 Å². The molecule has 4 heterocycles. The van der Waals surface area contributed by atoms with Crippen LogP contribution in [0.3, 0.4) is 0 Å². The van der Waals surface area contributed by atoms with Crippen molar-refractivity contribution < 1.29 is 133 Å². The molecule has 28 heteroatoms. The summed E-state index contributed by atoms with van der Waals surface area (Å²) in [6.07, 6.45) is -43.1. The standard InChI is InChI=1S/C28H49O27P/c29-2-1-9-12(34)10(3-28(44,55-9)27(42)43)49-26-19(41)22(53-24-17(39)14(36)13(35)11(5-31)50-24)23(21(52-26)7(32)4-30)54-25-18(40)15(37)16(38)20(51-25)8(33)6-48-56(45,46)47/h7-26,29-41,44H,1-6H2,(H,42,43)(H2,45,46,47)/t7-,8-,9+,10+,11+,12-,13+,14-,15-,16-,17+,18-,19-,20+,21+,22+,23+,24-,25+,26-,28+/m0/s1. The van der Waals surface area contributed by atoms with Gasteiger partial charge in [0.1, 0.15) is 91.6 Å². The molecule has 56 heavy (non-hydrogen) atoms. The van der Waals surface area contributed by atoms with Gasteiger partial charge in [0.25, 0.3) is 5.79 Å². The average molecular weight is 849 g/mol. The zero-order valence-electron chi connectivity index (χ0n) is 28.9. The summed E-state index contributed by atoms with van der Waals surface area (Å²) < 4.78 is 54.1. The lowest BCUT2D eigenvalue weighted by Gasteiger charge is -2.51. The summed E-state index contributed by atoms with van der Waals surface area (Å²) in [5.41, 5.74) is 0. The Kier molecular flexibility index (Phi) is 16.4. The first-order chi connectivity index (χ1) is 26.1. The van der Waals surface area contributed by atoms with Gasteiger partial charge in [0.15, 0.2) is 18.9 Å². The number of aliphatic carboxylic acids is 1. The van der Waals surface area contributed by atoms with E-state index in [2.05, 4.69) is 4.52 Å². The van der Waals surface area contributed by atoms with Crippen LogP contribution in [0.15, 0.2) is 0 Å². The first kappa shape index (κ1) is 47.4. The van der Waals surface area contributed by atoms with Crippen molar-refractivity contribution in [1.29, 1.82) is 0 Å². The number of hydrogen-bond donors (Lipinski definition) is 17. The molecule has 0 bridgehead atoms. The van der Waals surface area contributed by atoms with Gasteiger partial charge in [-0.1, -0.05) is 0 Å². The lowest BCUT2D eigenvalue weighted by molar-refractivity contribution is -0.401. The molecule has 4 fully saturated rings. The highest BCUT2D eigenvalue weighted by Crippen LogP contribution is 2.39. The molecule has 0 aliphatic carbocycles. The molecule has 0 unspecified atom stereocenters. The van der Waals surface area contributed by atoms with Crippen molar-refractivity contribution >= 4 is 13.8 Å². The summed E-state index contributed by atoms with van der Waals surface area (Å²) in [6.45, 7) is -4.07. The van der Waals surface area contributed by atoms with Crippen LogP contribution in [0.2, 0.25) is 0 Å². The molecular formula is C28H49O27P. The molecule has 0 saturated carbocycles. The van der Waals surface area contributed by atoms with Gasteiger partial charge in [-0.2, -0.15) is 0 Å². The van der Waals surface area contributed by atoms with Crippen LogP contribution in [0.25, 0.3) is 0 Å². The second-order valence-electron chi connectivity index (χ2n) is 13.5. The van der Waals surface area contributed by atoms with E-state index in [-0.39, 0.29) is 0 Å². The van der Waals surface area contributed by atoms with Crippen molar-refractivity contribution in [1.82, 2.24) is 0 Å². The van der Waals surface area contributed by atoms with Crippen LogP contribution in [0.4, 0.5) is 0 Å². The minimum atomic E-state index is -5.20. The number of ether oxygens (including phenoxy) is 7. The molecule has 0 spiro atoms. The highest BCUT2D eigenvalue weighted by Gasteiger charge is 2.58. The normalized spacial score (nSPS) is 46.3. The van der Waals surface area contributed by atoms with Gasteiger partial charge < -0.3 is 120 Å². The molecule has 4 aliphatic heterocycles. The molecule has 4 saturated heterocycles. The Hall–Kier alpha value is -1.26. The Bertz CT molecular complexity index is 1310. The lowest BCUT2D eigenvalue weighted by Crippen LogP contribution is -2.69. The van der Waals surface area contributed by atoms with Crippen LogP contribution in [0, 0.1) is 0 Å². The number of phosphoric acid groups is 1. The number of hydrogen-bond acceptors (Lipinski definition) is 24. The Balaban J connectivity index is 1.73. The van der Waals surface area contributed by atoms with E-state index in [1.165, 1.54) is 0 Å². The van der Waals surface area contributed by atoms with E-state index in [0.29, 0.717) is 0 Å². The van der Waals surface area contributed by atoms with Crippen LogP contribution in [0.5, 0.6) is 0 Å². The Morgan fingerprint density at radius 2 is 1.25 bits per heavy atom. The van der Waals surface area contributed by atoms with Gasteiger partial charge in [-0.15, -0.1) is 0 Å². The van der Waals surface area contributed by atoms with Gasteiger partial charge in [0.05, 0.1) is 32.0 Å². The molecule has 0 aromatic rings. The number of carbonyl (C=O) groups is 1. The third-order valence-corrected chi connectivity index (χ3v) is 10.1. The van der Waals surface area contributed by atoms with Gasteiger partial charge in [0.2, 0.25) is 0 Å². The molecule has 0 aromatic carbocycles. The summed E-state index contributed by atoms with van der Waals surface area (Å²) >= 11 is 0. The molecule has 328 valence electrons. The van der Waals surface area contributed by atoms with Gasteiger partial charge in [-0.05, 0) is 6.42 Å². The van der Waals surface area contributed by atoms with E-state index in [0.717, 1.165) is 0 Å². The molecule has 4 aliphatic rings. The molecule has 0 aromatic heterocycles. The topological polar surface area (TPSA) is 452 Å². The van der Waals surface area contributed by atoms with Crippen LogP contribution in [0.1, 0.15) is 12.8 Å². The fourth-order valence-corrected chi connectivity index (χ4v) is 6.89. The second kappa shape index (κ2) is 19.4. The monoisotopic (exact) mass is 848 g/mol. The quantitative estimate of drug-likeness (QED) is 0.0641. The molecule has 17 N–H and O–H groups in total. The molecule has 27 nitrogen and oxygen atoms in total. The van der Waals surface area contributed by atoms with Crippen molar-refractivity contribution in [3.63, 3.8) is 0 Å². The Morgan fingerprint density at radius 3 is 1.80 bits per heavy atom. The van der Waals surface area contributed by atoms with Crippen LogP contribution >= 0.6 is 7.82 Å². The maximum absolute atomic E-state index is 11.9. The van der Waals surface area contributed by atoms with Gasteiger partial charge in [0, 0.05) is 13.0 Å². The Labute approximate surface area is 315 Å². The summed E-state index contributed by atoms with van der Waals surface area (Å²) in [5.74, 6) is -4.99. The summed E-state index contributed by atoms with van der Waals surface area (Å²) in [5, 5.41) is 157.